The van der Waals surface area contributed by atoms with Gasteiger partial charge in [0.25, 0.3) is 5.91 Å². The Bertz CT molecular complexity index is 861. The van der Waals surface area contributed by atoms with Gasteiger partial charge in [-0.1, -0.05) is 19.1 Å². The lowest BCUT2D eigenvalue weighted by Gasteiger charge is -2.34. The predicted molar refractivity (Wildman–Crippen MR) is 117 cm³/mol. The summed E-state index contributed by atoms with van der Waals surface area (Å²) in [5.74, 6) is 0.806. The summed E-state index contributed by atoms with van der Waals surface area (Å²) in [5, 5.41) is 10.7. The number of rotatable bonds is 6. The number of hydrogen-bond acceptors (Lipinski definition) is 4. The fourth-order valence-electron chi connectivity index (χ4n) is 3.35. The van der Waals surface area contributed by atoms with Crippen LogP contribution in [0.3, 0.4) is 0 Å². The fourth-order valence-corrected chi connectivity index (χ4v) is 3.35. The van der Waals surface area contributed by atoms with Crippen LogP contribution in [0.5, 0.6) is 0 Å². The van der Waals surface area contributed by atoms with Crippen molar-refractivity contribution in [2.24, 2.45) is 12.0 Å². The maximum absolute atomic E-state index is 12.2. The van der Waals surface area contributed by atoms with Gasteiger partial charge in [0, 0.05) is 50.6 Å². The van der Waals surface area contributed by atoms with Crippen LogP contribution in [0.25, 0.3) is 0 Å². The van der Waals surface area contributed by atoms with Crippen molar-refractivity contribution in [3.8, 4) is 0 Å². The molecule has 2 heterocycles. The Balaban J connectivity index is 1.55. The number of carbonyl (C=O) groups excluding carboxylic acids is 1. The van der Waals surface area contributed by atoms with Crippen molar-refractivity contribution in [3.05, 3.63) is 53.3 Å². The molecule has 1 aromatic heterocycles. The predicted octanol–water partition coefficient (Wildman–Crippen LogP) is 2.10. The number of nitrogens with one attached hydrogen (secondary N) is 2. The molecule has 30 heavy (non-hydrogen) atoms. The van der Waals surface area contributed by atoms with Crippen LogP contribution in [0.1, 0.15) is 47.9 Å². The minimum Gasteiger partial charge on any atom is -0.370 e. The molecule has 1 saturated heterocycles. The number of hydrogen-bond donors (Lipinski definition) is 2. The number of aromatic nitrogens is 2. The van der Waals surface area contributed by atoms with Crippen LogP contribution in [-0.2, 0) is 18.3 Å². The molecule has 1 aromatic carbocycles. The summed E-state index contributed by atoms with van der Waals surface area (Å²) < 4.78 is 7.71. The van der Waals surface area contributed by atoms with Crippen molar-refractivity contribution < 1.29 is 9.53 Å². The summed E-state index contributed by atoms with van der Waals surface area (Å²) in [4.78, 5) is 18.9. The lowest BCUT2D eigenvalue weighted by Crippen LogP contribution is -2.47. The molecule has 1 aliphatic rings. The van der Waals surface area contributed by atoms with E-state index in [0.717, 1.165) is 36.6 Å². The van der Waals surface area contributed by atoms with Gasteiger partial charge < -0.3 is 20.3 Å². The van der Waals surface area contributed by atoms with Gasteiger partial charge in [-0.2, -0.15) is 5.10 Å². The van der Waals surface area contributed by atoms with Crippen molar-refractivity contribution in [1.82, 2.24) is 25.3 Å². The molecule has 0 bridgehead atoms. The molecule has 8 nitrogen and oxygen atoms in total. The number of morpholine rings is 1. The highest BCUT2D eigenvalue weighted by Crippen LogP contribution is 2.21. The topological polar surface area (TPSA) is 83.8 Å². The van der Waals surface area contributed by atoms with Crippen LogP contribution < -0.4 is 10.6 Å². The van der Waals surface area contributed by atoms with E-state index >= 15 is 0 Å². The molecule has 3 rings (SSSR count). The molecule has 1 fully saturated rings. The Labute approximate surface area is 178 Å². The summed E-state index contributed by atoms with van der Waals surface area (Å²) in [7, 11) is 3.70. The summed E-state index contributed by atoms with van der Waals surface area (Å²) in [6, 6.07) is 7.86. The van der Waals surface area contributed by atoms with E-state index < -0.39 is 0 Å². The summed E-state index contributed by atoms with van der Waals surface area (Å²) in [6.07, 6.45) is 4.73. The number of ether oxygens (including phenoxy) is 1. The minimum atomic E-state index is -0.0329. The number of carbonyl (C=O) groups is 1. The molecule has 0 spiro atoms. The zero-order chi connectivity index (χ0) is 21.5. The van der Waals surface area contributed by atoms with Gasteiger partial charge >= 0.3 is 0 Å². The average Bonchev–Trinajstić information content (AvgIpc) is 3.21. The molecule has 2 N–H and O–H groups in total. The van der Waals surface area contributed by atoms with Gasteiger partial charge in [-0.25, -0.2) is 0 Å². The first-order valence-corrected chi connectivity index (χ1v) is 10.5. The lowest BCUT2D eigenvalue weighted by atomic mass is 10.1. The second-order valence-electron chi connectivity index (χ2n) is 7.63. The summed E-state index contributed by atoms with van der Waals surface area (Å²) >= 11 is 0. The van der Waals surface area contributed by atoms with Crippen molar-refractivity contribution >= 4 is 11.9 Å². The Morgan fingerprint density at radius 1 is 1.37 bits per heavy atom. The second-order valence-corrected chi connectivity index (χ2v) is 7.63. The molecule has 0 radical (unpaired) electrons. The quantitative estimate of drug-likeness (QED) is 0.561. The molecule has 8 heteroatoms. The van der Waals surface area contributed by atoms with E-state index in [4.69, 9.17) is 4.74 Å². The van der Waals surface area contributed by atoms with Gasteiger partial charge in [-0.15, -0.1) is 0 Å². The molecule has 162 valence electrons. The molecule has 0 aliphatic carbocycles. The Hall–Kier alpha value is -2.87. The van der Waals surface area contributed by atoms with Gasteiger partial charge in [-0.05, 0) is 31.0 Å². The van der Waals surface area contributed by atoms with E-state index in [9.17, 15) is 4.79 Å². The number of aryl methyl sites for hydroxylation is 1. The van der Waals surface area contributed by atoms with Crippen molar-refractivity contribution in [3.63, 3.8) is 0 Å². The first-order valence-electron chi connectivity index (χ1n) is 10.5. The number of aliphatic imine (C=N–C) groups is 1. The SMILES string of the molecule is CCC(C)NC(=O)c1ccc(CNC(=NC)N2CCOC(c3cnn(C)c3)C2)cc1. The molecular weight excluding hydrogens is 380 g/mol. The highest BCUT2D eigenvalue weighted by atomic mass is 16.5. The lowest BCUT2D eigenvalue weighted by molar-refractivity contribution is -0.00805. The van der Waals surface area contributed by atoms with Gasteiger partial charge in [0.1, 0.15) is 6.10 Å². The average molecular weight is 413 g/mol. The summed E-state index contributed by atoms with van der Waals surface area (Å²) in [5.41, 5.74) is 2.84. The van der Waals surface area contributed by atoms with E-state index in [1.54, 1.807) is 11.7 Å². The minimum absolute atomic E-state index is 0.0192. The van der Waals surface area contributed by atoms with Gasteiger partial charge in [0.05, 0.1) is 19.3 Å². The number of nitrogens with zero attached hydrogens (tertiary/aromatic N) is 4. The fraction of sp³-hybridized carbons (Fsp3) is 0.500. The molecular formula is C22H32N6O2. The van der Waals surface area contributed by atoms with Crippen molar-refractivity contribution in [1.29, 1.82) is 0 Å². The third-order valence-corrected chi connectivity index (χ3v) is 5.33. The number of amides is 1. The molecule has 1 aliphatic heterocycles. The first-order chi connectivity index (χ1) is 14.5. The molecule has 0 saturated carbocycles. The van der Waals surface area contributed by atoms with Crippen LogP contribution in [-0.4, -0.2) is 59.3 Å². The summed E-state index contributed by atoms with van der Waals surface area (Å²) in [6.45, 7) is 6.84. The van der Waals surface area contributed by atoms with Crippen molar-refractivity contribution in [2.75, 3.05) is 26.7 Å². The zero-order valence-corrected chi connectivity index (χ0v) is 18.3. The first kappa shape index (κ1) is 21.8. The normalized spacial score (nSPS) is 18.2. The Morgan fingerprint density at radius 2 is 2.13 bits per heavy atom. The Morgan fingerprint density at radius 3 is 2.77 bits per heavy atom. The maximum Gasteiger partial charge on any atom is 0.251 e. The third kappa shape index (κ3) is 5.60. The van der Waals surface area contributed by atoms with E-state index in [1.165, 1.54) is 0 Å². The maximum atomic E-state index is 12.2. The van der Waals surface area contributed by atoms with E-state index in [0.29, 0.717) is 18.7 Å². The van der Waals surface area contributed by atoms with Crippen LogP contribution in [0.4, 0.5) is 0 Å². The van der Waals surface area contributed by atoms with Gasteiger partial charge in [0.15, 0.2) is 5.96 Å². The largest absolute Gasteiger partial charge is 0.370 e. The highest BCUT2D eigenvalue weighted by molar-refractivity contribution is 5.94. The molecule has 2 atom stereocenters. The van der Waals surface area contributed by atoms with E-state index in [-0.39, 0.29) is 18.1 Å². The van der Waals surface area contributed by atoms with E-state index in [1.807, 2.05) is 50.6 Å². The van der Waals surface area contributed by atoms with Crippen LogP contribution in [0.15, 0.2) is 41.7 Å². The highest BCUT2D eigenvalue weighted by Gasteiger charge is 2.25. The van der Waals surface area contributed by atoms with Gasteiger partial charge in [0.2, 0.25) is 0 Å². The monoisotopic (exact) mass is 412 g/mol. The van der Waals surface area contributed by atoms with Crippen LogP contribution >= 0.6 is 0 Å². The molecule has 2 unspecified atom stereocenters. The molecule has 1 amide bonds. The van der Waals surface area contributed by atoms with Crippen LogP contribution in [0.2, 0.25) is 0 Å². The zero-order valence-electron chi connectivity index (χ0n) is 18.3. The Kier molecular flexibility index (Phi) is 7.46. The third-order valence-electron chi connectivity index (χ3n) is 5.33. The standard InChI is InChI=1S/C22H32N6O2/c1-5-16(2)26-21(29)18-8-6-17(7-9-18)12-24-22(23-3)28-10-11-30-20(15-28)19-13-25-27(4)14-19/h6-9,13-14,16,20H,5,10-12,15H2,1-4H3,(H,23,24)(H,26,29). The smallest absolute Gasteiger partial charge is 0.251 e. The van der Waals surface area contributed by atoms with Crippen LogP contribution in [0, 0.1) is 0 Å². The molecule has 2 aromatic rings. The second kappa shape index (κ2) is 10.2. The number of benzene rings is 1. The van der Waals surface area contributed by atoms with E-state index in [2.05, 4.69) is 32.5 Å². The number of guanidine groups is 1. The van der Waals surface area contributed by atoms with Crippen molar-refractivity contribution in [2.45, 2.75) is 39.0 Å². The van der Waals surface area contributed by atoms with Gasteiger partial charge in [-0.3, -0.25) is 14.5 Å².